The molecule has 0 saturated heterocycles. The van der Waals surface area contributed by atoms with E-state index in [1.54, 1.807) is 0 Å². The SMILES string of the molecule is COC(=O)C(C)(O)CNCC(F)(F)F. The van der Waals surface area contributed by atoms with E-state index in [-0.39, 0.29) is 0 Å². The molecule has 14 heavy (non-hydrogen) atoms. The minimum absolute atomic E-state index is 0.515. The van der Waals surface area contributed by atoms with Crippen molar-refractivity contribution in [2.24, 2.45) is 0 Å². The predicted octanol–water partition coefficient (Wildman–Crippen LogP) is 0.0623. The van der Waals surface area contributed by atoms with Crippen LogP contribution in [0.3, 0.4) is 0 Å². The van der Waals surface area contributed by atoms with E-state index >= 15 is 0 Å². The fourth-order valence-corrected chi connectivity index (χ4v) is 0.740. The first kappa shape index (κ1) is 13.2. The monoisotopic (exact) mass is 215 g/mol. The smallest absolute Gasteiger partial charge is 0.401 e. The molecule has 0 saturated carbocycles. The predicted molar refractivity (Wildman–Crippen MR) is 41.6 cm³/mol. The summed E-state index contributed by atoms with van der Waals surface area (Å²) in [6.07, 6.45) is -4.37. The Morgan fingerprint density at radius 2 is 1.93 bits per heavy atom. The van der Waals surface area contributed by atoms with E-state index < -0.39 is 30.8 Å². The van der Waals surface area contributed by atoms with Crippen LogP contribution in [0.15, 0.2) is 0 Å². The van der Waals surface area contributed by atoms with Crippen molar-refractivity contribution in [3.8, 4) is 0 Å². The van der Waals surface area contributed by atoms with Gasteiger partial charge in [0.1, 0.15) is 0 Å². The zero-order chi connectivity index (χ0) is 11.4. The minimum Gasteiger partial charge on any atom is -0.467 e. The summed E-state index contributed by atoms with van der Waals surface area (Å²) < 4.78 is 39.1. The number of halogens is 3. The Morgan fingerprint density at radius 1 is 1.43 bits per heavy atom. The largest absolute Gasteiger partial charge is 0.467 e. The van der Waals surface area contributed by atoms with Crippen molar-refractivity contribution >= 4 is 5.97 Å². The molecule has 0 bridgehead atoms. The first-order valence-electron chi connectivity index (χ1n) is 3.77. The van der Waals surface area contributed by atoms with Gasteiger partial charge in [-0.2, -0.15) is 13.2 Å². The number of nitrogens with one attached hydrogen (secondary N) is 1. The molecule has 0 aliphatic carbocycles. The molecular weight excluding hydrogens is 203 g/mol. The summed E-state index contributed by atoms with van der Waals surface area (Å²) in [5, 5.41) is 11.2. The fraction of sp³-hybridized carbons (Fsp3) is 0.857. The van der Waals surface area contributed by atoms with Crippen molar-refractivity contribution in [2.45, 2.75) is 18.7 Å². The number of methoxy groups -OCH3 is 1. The lowest BCUT2D eigenvalue weighted by molar-refractivity contribution is -0.161. The van der Waals surface area contributed by atoms with E-state index in [2.05, 4.69) is 4.74 Å². The molecule has 1 unspecified atom stereocenters. The van der Waals surface area contributed by atoms with Gasteiger partial charge in [-0.1, -0.05) is 0 Å². The van der Waals surface area contributed by atoms with Crippen molar-refractivity contribution in [1.82, 2.24) is 5.32 Å². The Morgan fingerprint density at radius 3 is 2.29 bits per heavy atom. The van der Waals surface area contributed by atoms with Crippen LogP contribution in [-0.4, -0.2) is 43.1 Å². The van der Waals surface area contributed by atoms with Gasteiger partial charge < -0.3 is 15.2 Å². The van der Waals surface area contributed by atoms with Crippen molar-refractivity contribution in [2.75, 3.05) is 20.2 Å². The molecule has 2 N–H and O–H groups in total. The molecule has 0 heterocycles. The molecule has 84 valence electrons. The summed E-state index contributed by atoms with van der Waals surface area (Å²) >= 11 is 0. The lowest BCUT2D eigenvalue weighted by atomic mass is 10.1. The second kappa shape index (κ2) is 4.61. The second-order valence-corrected chi connectivity index (χ2v) is 2.98. The fourth-order valence-electron chi connectivity index (χ4n) is 0.740. The van der Waals surface area contributed by atoms with Crippen molar-refractivity contribution in [3.05, 3.63) is 0 Å². The first-order valence-corrected chi connectivity index (χ1v) is 3.77. The standard InChI is InChI=1S/C7H12F3NO3/c1-6(13,5(12)14-2)3-11-4-7(8,9)10/h11,13H,3-4H2,1-2H3. The molecule has 0 fully saturated rings. The summed E-state index contributed by atoms with van der Waals surface area (Å²) in [5.74, 6) is -0.979. The second-order valence-electron chi connectivity index (χ2n) is 2.98. The lowest BCUT2D eigenvalue weighted by Gasteiger charge is -2.20. The third kappa shape index (κ3) is 5.03. The summed E-state index contributed by atoms with van der Waals surface area (Å²) in [6, 6.07) is 0. The number of alkyl halides is 3. The van der Waals surface area contributed by atoms with E-state index in [0.29, 0.717) is 0 Å². The van der Waals surface area contributed by atoms with Crippen molar-refractivity contribution in [3.63, 3.8) is 0 Å². The molecule has 0 radical (unpaired) electrons. The zero-order valence-electron chi connectivity index (χ0n) is 7.81. The first-order chi connectivity index (χ1) is 6.19. The highest BCUT2D eigenvalue weighted by atomic mass is 19.4. The highest BCUT2D eigenvalue weighted by Gasteiger charge is 2.33. The molecule has 0 aromatic heterocycles. The van der Waals surface area contributed by atoms with E-state index in [0.717, 1.165) is 14.0 Å². The van der Waals surface area contributed by atoms with E-state index in [4.69, 9.17) is 0 Å². The van der Waals surface area contributed by atoms with Crippen LogP contribution in [0.2, 0.25) is 0 Å². The number of carbonyl (C=O) groups excluding carboxylic acids is 1. The highest BCUT2D eigenvalue weighted by molar-refractivity contribution is 5.78. The Kier molecular flexibility index (Phi) is 4.34. The minimum atomic E-state index is -4.37. The van der Waals surface area contributed by atoms with Crippen LogP contribution in [0.4, 0.5) is 13.2 Å². The van der Waals surface area contributed by atoms with E-state index in [9.17, 15) is 23.1 Å². The quantitative estimate of drug-likeness (QED) is 0.651. The van der Waals surface area contributed by atoms with Gasteiger partial charge in [0.25, 0.3) is 0 Å². The summed E-state index contributed by atoms with van der Waals surface area (Å²) in [6.45, 7) is -0.707. The molecule has 0 amide bonds. The van der Waals surface area contributed by atoms with Crippen LogP contribution in [0.5, 0.6) is 0 Å². The molecule has 4 nitrogen and oxygen atoms in total. The van der Waals surface area contributed by atoms with Gasteiger partial charge in [0.2, 0.25) is 0 Å². The van der Waals surface area contributed by atoms with Gasteiger partial charge in [0, 0.05) is 6.54 Å². The number of ether oxygens (including phenoxy) is 1. The van der Waals surface area contributed by atoms with Crippen LogP contribution in [0.25, 0.3) is 0 Å². The molecule has 0 aliphatic rings. The van der Waals surface area contributed by atoms with Crippen molar-refractivity contribution in [1.29, 1.82) is 0 Å². The molecule has 0 aliphatic heterocycles. The average molecular weight is 215 g/mol. The lowest BCUT2D eigenvalue weighted by Crippen LogP contribution is -2.47. The third-order valence-electron chi connectivity index (χ3n) is 1.42. The number of rotatable bonds is 4. The van der Waals surface area contributed by atoms with Gasteiger partial charge in [-0.3, -0.25) is 0 Å². The van der Waals surface area contributed by atoms with Crippen LogP contribution in [-0.2, 0) is 9.53 Å². The maximum Gasteiger partial charge on any atom is 0.401 e. The number of aliphatic hydroxyl groups is 1. The van der Waals surface area contributed by atoms with Gasteiger partial charge in [-0.25, -0.2) is 4.79 Å². The normalized spacial score (nSPS) is 16.1. The molecule has 0 spiro atoms. The third-order valence-corrected chi connectivity index (χ3v) is 1.42. The Bertz CT molecular complexity index is 203. The zero-order valence-corrected chi connectivity index (χ0v) is 7.81. The molecular formula is C7H12F3NO3. The number of esters is 1. The molecule has 0 aromatic carbocycles. The van der Waals surface area contributed by atoms with E-state index in [1.165, 1.54) is 0 Å². The van der Waals surface area contributed by atoms with Crippen molar-refractivity contribution < 1.29 is 27.8 Å². The van der Waals surface area contributed by atoms with Crippen LogP contribution in [0, 0.1) is 0 Å². The Hall–Kier alpha value is -0.820. The van der Waals surface area contributed by atoms with E-state index in [1.807, 2.05) is 5.32 Å². The number of carbonyl (C=O) groups is 1. The maximum atomic E-state index is 11.7. The van der Waals surface area contributed by atoms with Gasteiger partial charge in [0.15, 0.2) is 5.60 Å². The average Bonchev–Trinajstić information content (AvgIpc) is 2.00. The molecule has 1 atom stereocenters. The topological polar surface area (TPSA) is 58.6 Å². The van der Waals surface area contributed by atoms with Crippen LogP contribution in [0.1, 0.15) is 6.92 Å². The van der Waals surface area contributed by atoms with Gasteiger partial charge in [-0.15, -0.1) is 0 Å². The Balaban J connectivity index is 3.94. The highest BCUT2D eigenvalue weighted by Crippen LogP contribution is 2.13. The van der Waals surface area contributed by atoms with Gasteiger partial charge in [-0.05, 0) is 6.92 Å². The van der Waals surface area contributed by atoms with Crippen LogP contribution < -0.4 is 5.32 Å². The molecule has 7 heteroatoms. The molecule has 0 aromatic rings. The maximum absolute atomic E-state index is 11.7. The van der Waals surface area contributed by atoms with Gasteiger partial charge >= 0.3 is 12.1 Å². The van der Waals surface area contributed by atoms with Crippen LogP contribution >= 0.6 is 0 Å². The van der Waals surface area contributed by atoms with Gasteiger partial charge in [0.05, 0.1) is 13.7 Å². The number of hydrogen-bond donors (Lipinski definition) is 2. The summed E-state index contributed by atoms with van der Waals surface area (Å²) in [5.41, 5.74) is -1.94. The Labute approximate surface area is 79.0 Å². The summed E-state index contributed by atoms with van der Waals surface area (Å²) in [7, 11) is 1.04. The summed E-state index contributed by atoms with van der Waals surface area (Å²) in [4.78, 5) is 10.8. The molecule has 0 rings (SSSR count). The number of hydrogen-bond acceptors (Lipinski definition) is 4.